The number of imidazole rings is 1. The maximum atomic E-state index is 5.37. The van der Waals surface area contributed by atoms with Crippen LogP contribution in [-0.2, 0) is 11.8 Å². The molecule has 0 aliphatic rings. The molecule has 0 unspecified atom stereocenters. The summed E-state index contributed by atoms with van der Waals surface area (Å²) >= 11 is 1.82. The van der Waals surface area contributed by atoms with E-state index in [4.69, 9.17) is 4.98 Å². The summed E-state index contributed by atoms with van der Waals surface area (Å²) in [6.07, 6.45) is 1.05. The second-order valence-electron chi connectivity index (χ2n) is 14.4. The van der Waals surface area contributed by atoms with Crippen molar-refractivity contribution in [3.05, 3.63) is 132 Å². The Morgan fingerprint density at radius 2 is 1.24 bits per heavy atom. The van der Waals surface area contributed by atoms with Gasteiger partial charge in [0.1, 0.15) is 5.82 Å². The minimum Gasteiger partial charge on any atom is -0.291 e. The first-order valence-electron chi connectivity index (χ1n) is 15.8. The number of benzene rings is 5. The van der Waals surface area contributed by atoms with Gasteiger partial charge in [-0.3, -0.25) is 4.57 Å². The van der Waals surface area contributed by atoms with Crippen LogP contribution in [0.5, 0.6) is 0 Å². The van der Waals surface area contributed by atoms with Gasteiger partial charge in [-0.15, -0.1) is 11.3 Å². The summed E-state index contributed by atoms with van der Waals surface area (Å²) in [5, 5.41) is 3.56. The first-order chi connectivity index (χ1) is 21.6. The van der Waals surface area contributed by atoms with E-state index in [9.17, 15) is 0 Å². The van der Waals surface area contributed by atoms with E-state index in [-0.39, 0.29) is 10.8 Å². The van der Waals surface area contributed by atoms with Crippen molar-refractivity contribution < 1.29 is 0 Å². The van der Waals surface area contributed by atoms with E-state index < -0.39 is 0 Å². The Bertz CT molecular complexity index is 2070. The molecule has 0 amide bonds. The summed E-state index contributed by atoms with van der Waals surface area (Å²) in [6.45, 7) is 13.8. The van der Waals surface area contributed by atoms with Gasteiger partial charge in [0.25, 0.3) is 0 Å². The molecule has 2 heterocycles. The second kappa shape index (κ2) is 11.2. The van der Waals surface area contributed by atoms with Crippen molar-refractivity contribution in [3.8, 4) is 39.3 Å². The molecular weight excluding hydrogens is 565 g/mol. The van der Waals surface area contributed by atoms with Crippen LogP contribution in [0.1, 0.15) is 52.7 Å². The van der Waals surface area contributed by atoms with Crippen molar-refractivity contribution >= 4 is 32.5 Å². The Balaban J connectivity index is 1.58. The molecule has 2 nitrogen and oxygen atoms in total. The first kappa shape index (κ1) is 29.3. The molecule has 224 valence electrons. The van der Waals surface area contributed by atoms with Crippen LogP contribution in [0.3, 0.4) is 0 Å². The molecule has 0 aliphatic heterocycles. The maximum absolute atomic E-state index is 5.37. The van der Waals surface area contributed by atoms with E-state index in [1.807, 2.05) is 11.3 Å². The van der Waals surface area contributed by atoms with Crippen LogP contribution in [-0.4, -0.2) is 9.55 Å². The summed E-state index contributed by atoms with van der Waals surface area (Å²) in [7, 11) is 0. The Morgan fingerprint density at radius 1 is 0.644 bits per heavy atom. The van der Waals surface area contributed by atoms with Crippen LogP contribution in [0, 0.1) is 5.41 Å². The minimum atomic E-state index is -0.0280. The van der Waals surface area contributed by atoms with Crippen LogP contribution in [0.4, 0.5) is 0 Å². The number of hydrogen-bond acceptors (Lipinski definition) is 2. The smallest absolute Gasteiger partial charge is 0.147 e. The highest BCUT2D eigenvalue weighted by Gasteiger charge is 2.26. The highest BCUT2D eigenvalue weighted by atomic mass is 32.1. The SMILES string of the molecule is CC(C)(C)Cc1ccc2c(-c3nc4ccccc4n3-c3c(-c4ccccc4)cc(C(C)(C)C)cc3-c3ccccc3)csc2c1. The van der Waals surface area contributed by atoms with Gasteiger partial charge in [-0.25, -0.2) is 4.98 Å². The third kappa shape index (κ3) is 5.62. The molecular formula is C42H40N2S. The minimum absolute atomic E-state index is 0.0280. The van der Waals surface area contributed by atoms with Crippen LogP contribution < -0.4 is 0 Å². The highest BCUT2D eigenvalue weighted by molar-refractivity contribution is 7.17. The molecule has 0 spiro atoms. The number of rotatable bonds is 5. The lowest BCUT2D eigenvalue weighted by molar-refractivity contribution is 0.411. The molecule has 2 aromatic heterocycles. The molecule has 0 N–H and O–H groups in total. The molecule has 0 fully saturated rings. The number of fused-ring (bicyclic) bond motifs is 2. The molecule has 0 saturated carbocycles. The Morgan fingerprint density at radius 3 is 1.84 bits per heavy atom. The Labute approximate surface area is 271 Å². The van der Waals surface area contributed by atoms with Gasteiger partial charge in [-0.2, -0.15) is 0 Å². The van der Waals surface area contributed by atoms with Gasteiger partial charge in [-0.1, -0.05) is 126 Å². The van der Waals surface area contributed by atoms with Crippen molar-refractivity contribution in [1.29, 1.82) is 0 Å². The lowest BCUT2D eigenvalue weighted by Gasteiger charge is -2.26. The average molecular weight is 605 g/mol. The third-order valence-electron chi connectivity index (χ3n) is 8.55. The summed E-state index contributed by atoms with van der Waals surface area (Å²) in [5.41, 5.74) is 12.1. The van der Waals surface area contributed by atoms with E-state index in [2.05, 4.69) is 167 Å². The first-order valence-corrected chi connectivity index (χ1v) is 16.7. The van der Waals surface area contributed by atoms with E-state index in [0.717, 1.165) is 29.0 Å². The molecule has 0 aliphatic carbocycles. The standard InChI is InChI=1S/C42H40N2S/c1-41(2,3)26-28-21-22-32-35(27-45-38(32)23-28)40-43-36-19-13-14-20-37(36)44(40)39-33(29-15-9-7-10-16-29)24-31(42(4,5)6)25-34(39)30-17-11-8-12-18-30/h7-25,27H,26H2,1-6H3. The van der Waals surface area contributed by atoms with Gasteiger partial charge in [0.15, 0.2) is 0 Å². The van der Waals surface area contributed by atoms with Gasteiger partial charge in [0.05, 0.1) is 16.7 Å². The molecule has 0 saturated heterocycles. The summed E-state index contributed by atoms with van der Waals surface area (Å²) in [6, 6.07) is 42.0. The second-order valence-corrected chi connectivity index (χ2v) is 15.3. The largest absolute Gasteiger partial charge is 0.291 e. The number of nitrogens with zero attached hydrogens (tertiary/aromatic N) is 2. The van der Waals surface area contributed by atoms with Gasteiger partial charge in [0, 0.05) is 32.2 Å². The zero-order valence-electron chi connectivity index (χ0n) is 27.1. The molecule has 0 atom stereocenters. The highest BCUT2D eigenvalue weighted by Crippen LogP contribution is 2.44. The lowest BCUT2D eigenvalue weighted by Crippen LogP contribution is -2.13. The predicted octanol–water partition coefficient (Wildman–Crippen LogP) is 12.1. The van der Waals surface area contributed by atoms with Crippen LogP contribution >= 0.6 is 11.3 Å². The van der Waals surface area contributed by atoms with Crippen molar-refractivity contribution in [3.63, 3.8) is 0 Å². The van der Waals surface area contributed by atoms with Crippen LogP contribution in [0.2, 0.25) is 0 Å². The number of aromatic nitrogens is 2. The van der Waals surface area contributed by atoms with Gasteiger partial charge in [0.2, 0.25) is 0 Å². The fraction of sp³-hybridized carbons (Fsp3) is 0.214. The zero-order chi connectivity index (χ0) is 31.3. The molecule has 0 bridgehead atoms. The van der Waals surface area contributed by atoms with E-state index in [0.29, 0.717) is 0 Å². The van der Waals surface area contributed by atoms with Crippen molar-refractivity contribution in [2.45, 2.75) is 53.4 Å². The Kier molecular flexibility index (Phi) is 7.25. The van der Waals surface area contributed by atoms with Crippen molar-refractivity contribution in [1.82, 2.24) is 9.55 Å². The predicted molar refractivity (Wildman–Crippen MR) is 195 cm³/mol. The van der Waals surface area contributed by atoms with E-state index in [1.54, 1.807) is 0 Å². The van der Waals surface area contributed by atoms with Crippen molar-refractivity contribution in [2.24, 2.45) is 5.41 Å². The number of para-hydroxylation sites is 2. The molecule has 7 rings (SSSR count). The molecule has 3 heteroatoms. The quantitative estimate of drug-likeness (QED) is 0.191. The van der Waals surface area contributed by atoms with Crippen molar-refractivity contribution in [2.75, 3.05) is 0 Å². The summed E-state index contributed by atoms with van der Waals surface area (Å²) in [5.74, 6) is 0.976. The zero-order valence-corrected chi connectivity index (χ0v) is 27.9. The van der Waals surface area contributed by atoms with E-state index in [1.165, 1.54) is 49.0 Å². The fourth-order valence-electron chi connectivity index (χ4n) is 6.39. The maximum Gasteiger partial charge on any atom is 0.147 e. The van der Waals surface area contributed by atoms with Gasteiger partial charge >= 0.3 is 0 Å². The van der Waals surface area contributed by atoms with Crippen LogP contribution in [0.15, 0.2) is 121 Å². The topological polar surface area (TPSA) is 17.8 Å². The van der Waals surface area contributed by atoms with Gasteiger partial charge < -0.3 is 0 Å². The molecule has 7 aromatic rings. The lowest BCUT2D eigenvalue weighted by atomic mass is 9.82. The molecule has 0 radical (unpaired) electrons. The summed E-state index contributed by atoms with van der Waals surface area (Å²) < 4.78 is 3.73. The van der Waals surface area contributed by atoms with Crippen LogP contribution in [0.25, 0.3) is 60.4 Å². The molecule has 45 heavy (non-hydrogen) atoms. The monoisotopic (exact) mass is 604 g/mol. The number of hydrogen-bond donors (Lipinski definition) is 0. The summed E-state index contributed by atoms with van der Waals surface area (Å²) in [4.78, 5) is 5.37. The van der Waals surface area contributed by atoms with Gasteiger partial charge in [-0.05, 0) is 69.8 Å². The fourth-order valence-corrected chi connectivity index (χ4v) is 7.39. The number of thiophene rings is 1. The Hall–Kier alpha value is -4.47. The molecule has 5 aromatic carbocycles. The third-order valence-corrected chi connectivity index (χ3v) is 9.49. The average Bonchev–Trinajstić information content (AvgIpc) is 3.61. The van der Waals surface area contributed by atoms with E-state index >= 15 is 0 Å². The normalized spacial score (nSPS) is 12.3.